The molecule has 0 N–H and O–H groups in total. The maximum Gasteiger partial charge on any atom is 0.293 e. The van der Waals surface area contributed by atoms with Gasteiger partial charge in [0.25, 0.3) is 11.1 Å². The fraction of sp³-hybridized carbons (Fsp3) is 0.286. The number of hydrogen-bond acceptors (Lipinski definition) is 4. The van der Waals surface area contributed by atoms with E-state index in [1.807, 2.05) is 19.9 Å². The highest BCUT2D eigenvalue weighted by atomic mass is 32.2. The van der Waals surface area contributed by atoms with Crippen LogP contribution in [0, 0.1) is 25.2 Å². The third-order valence-electron chi connectivity index (χ3n) is 4.67. The van der Waals surface area contributed by atoms with Crippen molar-refractivity contribution in [3.05, 3.63) is 63.3 Å². The van der Waals surface area contributed by atoms with Crippen LogP contribution in [0.2, 0.25) is 0 Å². The average Bonchev–Trinajstić information content (AvgIpc) is 3.05. The zero-order valence-corrected chi connectivity index (χ0v) is 16.6. The molecule has 2 heterocycles. The van der Waals surface area contributed by atoms with Crippen molar-refractivity contribution in [2.45, 2.75) is 40.3 Å². The summed E-state index contributed by atoms with van der Waals surface area (Å²) in [4.78, 5) is 26.8. The zero-order chi connectivity index (χ0) is 19.7. The van der Waals surface area contributed by atoms with Crippen molar-refractivity contribution < 1.29 is 9.59 Å². The largest absolute Gasteiger partial charge is 0.346 e. The third-order valence-corrected chi connectivity index (χ3v) is 5.57. The Morgan fingerprint density at radius 1 is 1.22 bits per heavy atom. The Morgan fingerprint density at radius 2 is 1.93 bits per heavy atom. The first kappa shape index (κ1) is 19.0. The van der Waals surface area contributed by atoms with Gasteiger partial charge in [0.1, 0.15) is 0 Å². The first-order chi connectivity index (χ1) is 12.8. The number of aryl methyl sites for hydroxylation is 1. The molecular formula is C21H21N3O2S. The number of aromatic nitrogens is 1. The van der Waals surface area contributed by atoms with Crippen LogP contribution < -0.4 is 0 Å². The summed E-state index contributed by atoms with van der Waals surface area (Å²) in [5, 5.41) is 8.91. The standard InChI is InChI=1S/C21H21N3O2S/c1-13(2)24-14(3)9-18(15(24)4)10-19-20(25)23(21(26)27-19)12-17-8-6-5-7-16(17)11-22/h5-10,13H,12H2,1-4H3/b19-10+. The van der Waals surface area contributed by atoms with Gasteiger partial charge in [-0.25, -0.2) is 0 Å². The summed E-state index contributed by atoms with van der Waals surface area (Å²) in [5.74, 6) is -0.313. The van der Waals surface area contributed by atoms with Gasteiger partial charge in [0.05, 0.1) is 23.1 Å². The molecule has 0 bridgehead atoms. The van der Waals surface area contributed by atoms with E-state index in [0.717, 1.165) is 28.7 Å². The average molecular weight is 379 g/mol. The minimum atomic E-state index is -0.313. The molecule has 1 aromatic carbocycles. The number of imide groups is 1. The molecule has 0 spiro atoms. The van der Waals surface area contributed by atoms with Gasteiger partial charge in [-0.2, -0.15) is 5.26 Å². The summed E-state index contributed by atoms with van der Waals surface area (Å²) in [7, 11) is 0. The van der Waals surface area contributed by atoms with E-state index in [-0.39, 0.29) is 17.7 Å². The summed E-state index contributed by atoms with van der Waals surface area (Å²) >= 11 is 0.948. The maximum absolute atomic E-state index is 12.8. The van der Waals surface area contributed by atoms with Gasteiger partial charge in [0.15, 0.2) is 0 Å². The van der Waals surface area contributed by atoms with Crippen molar-refractivity contribution in [3.8, 4) is 6.07 Å². The summed E-state index contributed by atoms with van der Waals surface area (Å²) in [5.41, 5.74) is 4.28. The second-order valence-corrected chi connectivity index (χ2v) is 7.82. The molecule has 2 amide bonds. The van der Waals surface area contributed by atoms with Crippen LogP contribution in [-0.4, -0.2) is 20.6 Å². The second kappa shape index (κ2) is 7.45. The van der Waals surface area contributed by atoms with E-state index in [4.69, 9.17) is 0 Å². The van der Waals surface area contributed by atoms with Crippen molar-refractivity contribution >= 4 is 29.0 Å². The molecule has 1 saturated heterocycles. The quantitative estimate of drug-likeness (QED) is 0.716. The lowest BCUT2D eigenvalue weighted by atomic mass is 10.1. The number of nitrogens with zero attached hydrogens (tertiary/aromatic N) is 3. The van der Waals surface area contributed by atoms with E-state index in [9.17, 15) is 14.9 Å². The Hall–Kier alpha value is -2.78. The lowest BCUT2D eigenvalue weighted by molar-refractivity contribution is -0.123. The molecule has 0 atom stereocenters. The van der Waals surface area contributed by atoms with Crippen molar-refractivity contribution in [1.29, 1.82) is 5.26 Å². The molecule has 1 aliphatic rings. The summed E-state index contributed by atoms with van der Waals surface area (Å²) in [6, 6.07) is 11.5. The van der Waals surface area contributed by atoms with Crippen LogP contribution in [0.5, 0.6) is 0 Å². The lowest BCUT2D eigenvalue weighted by Gasteiger charge is -2.13. The molecule has 27 heavy (non-hydrogen) atoms. The molecule has 5 nitrogen and oxygen atoms in total. The zero-order valence-electron chi connectivity index (χ0n) is 15.8. The van der Waals surface area contributed by atoms with Crippen LogP contribution in [0.1, 0.15) is 48.0 Å². The molecule has 6 heteroatoms. The van der Waals surface area contributed by atoms with Crippen LogP contribution in [0.25, 0.3) is 6.08 Å². The van der Waals surface area contributed by atoms with E-state index in [1.165, 1.54) is 4.90 Å². The number of carbonyl (C=O) groups is 2. The Morgan fingerprint density at radius 3 is 2.56 bits per heavy atom. The van der Waals surface area contributed by atoms with Crippen LogP contribution >= 0.6 is 11.8 Å². The SMILES string of the molecule is Cc1cc(/C=C2/SC(=O)N(Cc3ccccc3C#N)C2=O)c(C)n1C(C)C. The second-order valence-electron chi connectivity index (χ2n) is 6.83. The molecule has 2 aromatic rings. The van der Waals surface area contributed by atoms with E-state index in [1.54, 1.807) is 30.3 Å². The minimum Gasteiger partial charge on any atom is -0.346 e. The molecule has 0 saturated carbocycles. The molecule has 1 aromatic heterocycles. The third kappa shape index (κ3) is 3.56. The number of rotatable bonds is 4. The highest BCUT2D eigenvalue weighted by Crippen LogP contribution is 2.34. The predicted molar refractivity (Wildman–Crippen MR) is 107 cm³/mol. The molecule has 0 radical (unpaired) electrons. The van der Waals surface area contributed by atoms with Crippen molar-refractivity contribution in [2.24, 2.45) is 0 Å². The maximum atomic E-state index is 12.8. The number of hydrogen-bond donors (Lipinski definition) is 0. The number of benzene rings is 1. The smallest absolute Gasteiger partial charge is 0.293 e. The normalized spacial score (nSPS) is 15.9. The van der Waals surface area contributed by atoms with Gasteiger partial charge in [-0.15, -0.1) is 0 Å². The van der Waals surface area contributed by atoms with Gasteiger partial charge in [0.2, 0.25) is 0 Å². The first-order valence-corrected chi connectivity index (χ1v) is 9.57. The van der Waals surface area contributed by atoms with Gasteiger partial charge < -0.3 is 4.57 Å². The van der Waals surface area contributed by atoms with Crippen molar-refractivity contribution in [1.82, 2.24) is 9.47 Å². The summed E-state index contributed by atoms with van der Waals surface area (Å²) < 4.78 is 2.21. The van der Waals surface area contributed by atoms with Crippen LogP contribution in [0.15, 0.2) is 35.2 Å². The van der Waals surface area contributed by atoms with Gasteiger partial charge in [-0.05, 0) is 68.8 Å². The lowest BCUT2D eigenvalue weighted by Crippen LogP contribution is -2.27. The Balaban J connectivity index is 1.90. The number of amides is 2. The topological polar surface area (TPSA) is 66.1 Å². The number of thioether (sulfide) groups is 1. The monoisotopic (exact) mass is 379 g/mol. The van der Waals surface area contributed by atoms with Gasteiger partial charge in [-0.3, -0.25) is 14.5 Å². The van der Waals surface area contributed by atoms with Gasteiger partial charge in [-0.1, -0.05) is 18.2 Å². The van der Waals surface area contributed by atoms with E-state index >= 15 is 0 Å². The Bertz CT molecular complexity index is 995. The van der Waals surface area contributed by atoms with Crippen LogP contribution in [-0.2, 0) is 11.3 Å². The number of nitriles is 1. The number of carbonyl (C=O) groups excluding carboxylic acids is 2. The van der Waals surface area contributed by atoms with Crippen molar-refractivity contribution in [2.75, 3.05) is 0 Å². The first-order valence-electron chi connectivity index (χ1n) is 8.75. The van der Waals surface area contributed by atoms with E-state index < -0.39 is 0 Å². The minimum absolute atomic E-state index is 0.108. The fourth-order valence-corrected chi connectivity index (χ4v) is 4.29. The Labute approximate surface area is 163 Å². The molecule has 1 aliphatic heterocycles. The Kier molecular flexibility index (Phi) is 5.24. The van der Waals surface area contributed by atoms with Crippen LogP contribution in [0.3, 0.4) is 0 Å². The van der Waals surface area contributed by atoms with Gasteiger partial charge >= 0.3 is 0 Å². The highest BCUT2D eigenvalue weighted by Gasteiger charge is 2.35. The molecular weight excluding hydrogens is 358 g/mol. The summed E-state index contributed by atoms with van der Waals surface area (Å²) in [6.07, 6.45) is 1.79. The summed E-state index contributed by atoms with van der Waals surface area (Å²) in [6.45, 7) is 8.40. The molecule has 0 aliphatic carbocycles. The molecule has 3 rings (SSSR count). The van der Waals surface area contributed by atoms with Crippen LogP contribution in [0.4, 0.5) is 4.79 Å². The molecule has 1 fully saturated rings. The predicted octanol–water partition coefficient (Wildman–Crippen LogP) is 4.79. The molecule has 138 valence electrons. The van der Waals surface area contributed by atoms with Crippen molar-refractivity contribution in [3.63, 3.8) is 0 Å². The fourth-order valence-electron chi connectivity index (χ4n) is 3.46. The van der Waals surface area contributed by atoms with E-state index in [0.29, 0.717) is 22.1 Å². The molecule has 0 unspecified atom stereocenters. The highest BCUT2D eigenvalue weighted by molar-refractivity contribution is 8.18. The van der Waals surface area contributed by atoms with E-state index in [2.05, 4.69) is 24.5 Å². The van der Waals surface area contributed by atoms with Gasteiger partial charge in [0, 0.05) is 17.4 Å².